The van der Waals surface area contributed by atoms with Crippen molar-refractivity contribution in [3.05, 3.63) is 76.6 Å². The zero-order valence-corrected chi connectivity index (χ0v) is 23.6. The average Bonchev–Trinajstić information content (AvgIpc) is 3.01. The first-order valence-electron chi connectivity index (χ1n) is 14.6. The second kappa shape index (κ2) is 11.9. The molecule has 0 atom stereocenters. The smallest absolute Gasteiger partial charge is 0.259 e. The third kappa shape index (κ3) is 5.72. The lowest BCUT2D eigenvalue weighted by Gasteiger charge is -2.31. The van der Waals surface area contributed by atoms with Gasteiger partial charge in [-0.25, -0.2) is 14.4 Å². The second-order valence-electron chi connectivity index (χ2n) is 11.3. The van der Waals surface area contributed by atoms with Gasteiger partial charge in [0.25, 0.3) is 11.5 Å². The molecule has 3 N–H and O–H groups in total. The largest absolute Gasteiger partial charge is 0.393 e. The second-order valence-corrected chi connectivity index (χ2v) is 11.3. The third-order valence-electron chi connectivity index (χ3n) is 8.51. The number of hydrogen-bond acceptors (Lipinski definition) is 7. The minimum atomic E-state index is -0.560. The highest BCUT2D eigenvalue weighted by molar-refractivity contribution is 5.96. The highest BCUT2D eigenvalue weighted by atomic mass is 19.1. The molecule has 3 aromatic heterocycles. The molecule has 0 unspecified atom stereocenters. The van der Waals surface area contributed by atoms with Gasteiger partial charge in [-0.15, -0.1) is 0 Å². The van der Waals surface area contributed by atoms with Crippen molar-refractivity contribution in [1.82, 2.24) is 19.9 Å². The summed E-state index contributed by atoms with van der Waals surface area (Å²) in [4.78, 5) is 41.7. The fraction of sp³-hybridized carbons (Fsp3) is 0.375. The molecule has 1 aliphatic heterocycles. The number of H-pyrrole nitrogens is 1. The Morgan fingerprint density at radius 1 is 1.07 bits per heavy atom. The number of pyridine rings is 3. The molecule has 2 aliphatic rings. The van der Waals surface area contributed by atoms with Gasteiger partial charge in [0, 0.05) is 43.5 Å². The first-order chi connectivity index (χ1) is 20.4. The molecule has 1 aliphatic carbocycles. The number of aliphatic hydroxyl groups excluding tert-OH is 1. The van der Waals surface area contributed by atoms with Crippen LogP contribution in [0.2, 0.25) is 0 Å². The van der Waals surface area contributed by atoms with Crippen molar-refractivity contribution >= 4 is 34.0 Å². The number of carbonyl (C=O) groups excluding carboxylic acids is 1. The number of amides is 1. The summed E-state index contributed by atoms with van der Waals surface area (Å²) in [5.74, 6) is -0.234. The van der Waals surface area contributed by atoms with Crippen LogP contribution in [0.5, 0.6) is 0 Å². The van der Waals surface area contributed by atoms with E-state index in [4.69, 9.17) is 0 Å². The summed E-state index contributed by atoms with van der Waals surface area (Å²) in [6.07, 6.45) is 9.78. The van der Waals surface area contributed by atoms with Crippen LogP contribution in [0.4, 0.5) is 21.6 Å². The van der Waals surface area contributed by atoms with Crippen LogP contribution in [0.25, 0.3) is 22.2 Å². The molecule has 9 nitrogen and oxygen atoms in total. The number of carbonyl (C=O) groups is 1. The van der Waals surface area contributed by atoms with E-state index in [2.05, 4.69) is 25.2 Å². The molecule has 1 amide bonds. The maximum Gasteiger partial charge on any atom is 0.259 e. The van der Waals surface area contributed by atoms with Crippen molar-refractivity contribution in [2.24, 2.45) is 0 Å². The van der Waals surface area contributed by atoms with Crippen LogP contribution in [0, 0.1) is 5.82 Å². The number of aliphatic hydroxyl groups is 1. The molecule has 2 fully saturated rings. The van der Waals surface area contributed by atoms with Gasteiger partial charge in [0.1, 0.15) is 11.6 Å². The molecule has 42 heavy (non-hydrogen) atoms. The normalized spacial score (nSPS) is 16.5. The fourth-order valence-electron chi connectivity index (χ4n) is 6.03. The van der Waals surface area contributed by atoms with Crippen LogP contribution in [-0.4, -0.2) is 63.1 Å². The van der Waals surface area contributed by atoms with Gasteiger partial charge in [0.15, 0.2) is 0 Å². The van der Waals surface area contributed by atoms with E-state index in [0.29, 0.717) is 33.7 Å². The van der Waals surface area contributed by atoms with Crippen LogP contribution < -0.4 is 15.8 Å². The van der Waals surface area contributed by atoms with E-state index in [0.717, 1.165) is 57.3 Å². The van der Waals surface area contributed by atoms with E-state index >= 15 is 4.39 Å². The van der Waals surface area contributed by atoms with Crippen molar-refractivity contribution in [3.63, 3.8) is 0 Å². The van der Waals surface area contributed by atoms with Gasteiger partial charge in [-0.1, -0.05) is 19.3 Å². The number of halogens is 1. The fourth-order valence-corrected chi connectivity index (χ4v) is 6.03. The Bertz CT molecular complexity index is 1640. The zero-order valence-electron chi connectivity index (χ0n) is 23.6. The Kier molecular flexibility index (Phi) is 7.88. The van der Waals surface area contributed by atoms with Crippen LogP contribution in [0.1, 0.15) is 55.3 Å². The van der Waals surface area contributed by atoms with E-state index in [1.807, 2.05) is 12.1 Å². The Hall–Kier alpha value is -4.31. The molecule has 6 rings (SSSR count). The maximum atomic E-state index is 15.6. The Labute approximate surface area is 243 Å². The van der Waals surface area contributed by atoms with Gasteiger partial charge < -0.3 is 25.2 Å². The SMILES string of the molecule is CN(C(=O)c1ccc(-c2cc(Nc3ccc(N4CCC(O)CC4)cn3)c3c(=O)[nH]ccc3n2)c(F)c1)C1CCCCC1. The van der Waals surface area contributed by atoms with Gasteiger partial charge >= 0.3 is 0 Å². The minimum absolute atomic E-state index is 0.179. The zero-order chi connectivity index (χ0) is 29.2. The lowest BCUT2D eigenvalue weighted by atomic mass is 9.94. The van der Waals surface area contributed by atoms with Crippen molar-refractivity contribution in [3.8, 4) is 11.3 Å². The number of piperidine rings is 1. The van der Waals surface area contributed by atoms with Crippen LogP contribution in [0.15, 0.2) is 59.7 Å². The van der Waals surface area contributed by atoms with Crippen molar-refractivity contribution in [1.29, 1.82) is 0 Å². The Balaban J connectivity index is 1.29. The summed E-state index contributed by atoms with van der Waals surface area (Å²) in [6.45, 7) is 1.52. The summed E-state index contributed by atoms with van der Waals surface area (Å²) in [5.41, 5.74) is 2.33. The molecule has 0 bridgehead atoms. The van der Waals surface area contributed by atoms with Crippen LogP contribution >= 0.6 is 0 Å². The number of nitrogens with one attached hydrogen (secondary N) is 2. The van der Waals surface area contributed by atoms with E-state index < -0.39 is 5.82 Å². The van der Waals surface area contributed by atoms with E-state index in [1.54, 1.807) is 42.4 Å². The molecule has 1 saturated heterocycles. The maximum absolute atomic E-state index is 15.6. The Morgan fingerprint density at radius 2 is 1.86 bits per heavy atom. The molecular weight excluding hydrogens is 535 g/mol. The summed E-state index contributed by atoms with van der Waals surface area (Å²) in [5, 5.41) is 13.4. The lowest BCUT2D eigenvalue weighted by Crippen LogP contribution is -2.38. The molecule has 4 aromatic rings. The monoisotopic (exact) mass is 570 g/mol. The molecular formula is C32H35FN6O3. The number of benzene rings is 1. The average molecular weight is 571 g/mol. The standard InChI is InChI=1S/C32H35FN6O3/c1-38(21-5-3-2-4-6-21)32(42)20-7-9-24(25(33)17-20)27-18-28(30-26(36-27)11-14-34-31(30)41)37-29-10-8-22(19-35-29)39-15-12-23(40)13-16-39/h7-11,14,17-19,21,23,40H,2-6,12-13,15-16H2,1H3,(H,34,41)(H,35,36,37). The highest BCUT2D eigenvalue weighted by Crippen LogP contribution is 2.31. The number of aromatic nitrogens is 3. The van der Waals surface area contributed by atoms with Gasteiger partial charge in [-0.2, -0.15) is 0 Å². The molecule has 0 radical (unpaired) electrons. The van der Waals surface area contributed by atoms with Crippen molar-refractivity contribution in [2.75, 3.05) is 30.4 Å². The number of rotatable bonds is 6. The number of aromatic amines is 1. The topological polar surface area (TPSA) is 114 Å². The Morgan fingerprint density at radius 3 is 2.57 bits per heavy atom. The summed E-state index contributed by atoms with van der Waals surface area (Å²) in [7, 11) is 1.79. The highest BCUT2D eigenvalue weighted by Gasteiger charge is 2.24. The first kappa shape index (κ1) is 27.8. The van der Waals surface area contributed by atoms with Crippen molar-refractivity contribution in [2.45, 2.75) is 57.1 Å². The van der Waals surface area contributed by atoms with Gasteiger partial charge in [0.2, 0.25) is 0 Å². The van der Waals surface area contributed by atoms with E-state index in [9.17, 15) is 14.7 Å². The minimum Gasteiger partial charge on any atom is -0.393 e. The van der Waals surface area contributed by atoms with Gasteiger partial charge in [-0.3, -0.25) is 9.59 Å². The molecule has 10 heteroatoms. The van der Waals surface area contributed by atoms with Crippen LogP contribution in [-0.2, 0) is 0 Å². The predicted molar refractivity (Wildman–Crippen MR) is 162 cm³/mol. The molecule has 4 heterocycles. The predicted octanol–water partition coefficient (Wildman–Crippen LogP) is 5.23. The van der Waals surface area contributed by atoms with Gasteiger partial charge in [-0.05, 0) is 68.1 Å². The van der Waals surface area contributed by atoms with Crippen LogP contribution in [0.3, 0.4) is 0 Å². The number of anilines is 3. The first-order valence-corrected chi connectivity index (χ1v) is 14.6. The summed E-state index contributed by atoms with van der Waals surface area (Å²) < 4.78 is 15.6. The van der Waals surface area contributed by atoms with Crippen molar-refractivity contribution < 1.29 is 14.3 Å². The summed E-state index contributed by atoms with van der Waals surface area (Å²) in [6, 6.07) is 11.7. The quantitative estimate of drug-likeness (QED) is 0.291. The number of hydrogen-bond donors (Lipinski definition) is 3. The summed E-state index contributed by atoms with van der Waals surface area (Å²) >= 11 is 0. The van der Waals surface area contributed by atoms with E-state index in [1.165, 1.54) is 18.7 Å². The lowest BCUT2D eigenvalue weighted by molar-refractivity contribution is 0.0695. The number of fused-ring (bicyclic) bond motifs is 1. The molecule has 1 aromatic carbocycles. The molecule has 0 spiro atoms. The number of nitrogens with zero attached hydrogens (tertiary/aromatic N) is 4. The van der Waals surface area contributed by atoms with E-state index in [-0.39, 0.29) is 29.2 Å². The molecule has 218 valence electrons. The molecule has 1 saturated carbocycles. The van der Waals surface area contributed by atoms with Gasteiger partial charge in [0.05, 0.1) is 40.3 Å². The third-order valence-corrected chi connectivity index (χ3v) is 8.51.